The van der Waals surface area contributed by atoms with Crippen molar-refractivity contribution in [3.05, 3.63) is 12.3 Å². The van der Waals surface area contributed by atoms with Gasteiger partial charge in [0.05, 0.1) is 24.7 Å². The molecule has 0 aromatic carbocycles. The smallest absolute Gasteiger partial charge is 0.326 e. The zero-order chi connectivity index (χ0) is 58.6. The van der Waals surface area contributed by atoms with E-state index in [-0.39, 0.29) is 80.4 Å². The minimum atomic E-state index is -1.66. The van der Waals surface area contributed by atoms with E-state index in [4.69, 9.17) is 5.73 Å². The maximum atomic E-state index is 14.2. The number of carbonyl (C=O) groups is 9. The van der Waals surface area contributed by atoms with Gasteiger partial charge in [0.15, 0.2) is 0 Å². The Labute approximate surface area is 453 Å². The van der Waals surface area contributed by atoms with Crippen LogP contribution in [0.1, 0.15) is 187 Å². The molecule has 21 nitrogen and oxygen atoms in total. The Kier molecular flexibility index (Phi) is 34.1. The molecule has 438 valence electrons. The predicted molar refractivity (Wildman–Crippen MR) is 293 cm³/mol. The largest absolute Gasteiger partial charge is 0.480 e. The molecule has 13 N–H and O–H groups in total. The zero-order valence-corrected chi connectivity index (χ0v) is 48.4. The molecule has 0 rings (SSSR count). The first kappa shape index (κ1) is 70.7. The van der Waals surface area contributed by atoms with Crippen LogP contribution in [0.3, 0.4) is 0 Å². The molecule has 0 aromatic rings. The number of nitrogens with two attached hydrogens (primary N) is 1. The van der Waals surface area contributed by atoms with Crippen molar-refractivity contribution in [1.29, 1.82) is 0 Å². The molecule has 0 bridgehead atoms. The van der Waals surface area contributed by atoms with Crippen molar-refractivity contribution in [2.75, 3.05) is 0 Å². The average molecular weight is 1080 g/mol. The van der Waals surface area contributed by atoms with Gasteiger partial charge in [0.1, 0.15) is 42.3 Å². The van der Waals surface area contributed by atoms with Gasteiger partial charge in [0.2, 0.25) is 47.3 Å². The summed E-state index contributed by atoms with van der Waals surface area (Å²) in [5.74, 6) is -8.09. The standard InChI is InChI=1S/C55H101N9O12/c1-16-17-18-19-20-21-38(66)29-46(68)58-40(24-30(2)3)36(14)57-41(25-31(4)5)50(70)59-39(22-23-45(56)67)49(69)60-43(27-33(8)9)52(72)64-48(37(15)65)54(74)63-47(35(12)13)53(73)61-42(26-32(6)7)51(71)62-44(55(75)76)28-34(10)11/h30-35,37-44,47-48,57,65-66H,14,16-29H2,1-13,15H3,(H2,56,67)(H,58,68)(H,59,70)(H,60,69)(H,61,73)(H,62,71)(H,63,74)(H,64,72)(H,75,76). The zero-order valence-electron chi connectivity index (χ0n) is 48.4. The lowest BCUT2D eigenvalue weighted by Gasteiger charge is -2.31. The second-order valence-electron chi connectivity index (χ2n) is 23.1. The normalized spacial score (nSPS) is 15.6. The van der Waals surface area contributed by atoms with E-state index in [1.165, 1.54) is 6.92 Å². The maximum absolute atomic E-state index is 14.2. The summed E-state index contributed by atoms with van der Waals surface area (Å²) in [6, 6.07) is -9.66. The third-order valence-corrected chi connectivity index (χ3v) is 12.5. The molecule has 0 spiro atoms. The number of carbonyl (C=O) groups excluding carboxylic acids is 8. The van der Waals surface area contributed by atoms with Crippen LogP contribution in [0.5, 0.6) is 0 Å². The quantitative estimate of drug-likeness (QED) is 0.0391. The van der Waals surface area contributed by atoms with E-state index in [2.05, 4.69) is 56.0 Å². The van der Waals surface area contributed by atoms with Crippen LogP contribution in [0.4, 0.5) is 0 Å². The highest BCUT2D eigenvalue weighted by Crippen LogP contribution is 2.17. The molecule has 10 unspecified atom stereocenters. The molecule has 0 aromatic heterocycles. The fourth-order valence-electron chi connectivity index (χ4n) is 8.51. The molecule has 0 saturated heterocycles. The van der Waals surface area contributed by atoms with Gasteiger partial charge in [-0.25, -0.2) is 4.79 Å². The summed E-state index contributed by atoms with van der Waals surface area (Å²) in [7, 11) is 0. The fourth-order valence-corrected chi connectivity index (χ4v) is 8.51. The summed E-state index contributed by atoms with van der Waals surface area (Å²) < 4.78 is 0. The molecule has 8 amide bonds. The van der Waals surface area contributed by atoms with Gasteiger partial charge < -0.3 is 63.6 Å². The number of aliphatic hydroxyl groups excluding tert-OH is 2. The Morgan fingerprint density at radius 3 is 1.28 bits per heavy atom. The van der Waals surface area contributed by atoms with E-state index in [0.717, 1.165) is 32.1 Å². The number of aliphatic carboxylic acids is 1. The van der Waals surface area contributed by atoms with E-state index in [9.17, 15) is 58.5 Å². The minimum Gasteiger partial charge on any atom is -0.480 e. The van der Waals surface area contributed by atoms with Crippen molar-refractivity contribution in [2.24, 2.45) is 41.2 Å². The molecule has 0 saturated carbocycles. The lowest BCUT2D eigenvalue weighted by molar-refractivity contribution is -0.143. The summed E-state index contributed by atoms with van der Waals surface area (Å²) >= 11 is 0. The molecular weight excluding hydrogens is 979 g/mol. The fraction of sp³-hybridized carbons (Fsp3) is 0.800. The lowest BCUT2D eigenvalue weighted by Crippen LogP contribution is -2.62. The van der Waals surface area contributed by atoms with Gasteiger partial charge >= 0.3 is 5.97 Å². The number of primary amides is 1. The Bertz CT molecular complexity index is 1860. The van der Waals surface area contributed by atoms with Gasteiger partial charge in [-0.05, 0) is 87.4 Å². The van der Waals surface area contributed by atoms with Crippen molar-refractivity contribution in [1.82, 2.24) is 42.5 Å². The van der Waals surface area contributed by atoms with E-state index < -0.39 is 114 Å². The number of hydrogen-bond acceptors (Lipinski definition) is 12. The maximum Gasteiger partial charge on any atom is 0.326 e. The van der Waals surface area contributed by atoms with Gasteiger partial charge in [0, 0.05) is 12.1 Å². The highest BCUT2D eigenvalue weighted by atomic mass is 16.4. The summed E-state index contributed by atoms with van der Waals surface area (Å²) in [5.41, 5.74) is 5.84. The van der Waals surface area contributed by atoms with E-state index in [1.807, 2.05) is 55.4 Å². The Hall–Kier alpha value is -5.31. The topological polar surface area (TPSA) is 337 Å². The number of carboxylic acid groups (broad SMARTS) is 1. The van der Waals surface area contributed by atoms with E-state index >= 15 is 0 Å². The lowest BCUT2D eigenvalue weighted by atomic mass is 9.97. The molecule has 76 heavy (non-hydrogen) atoms. The van der Waals surface area contributed by atoms with Crippen LogP contribution in [-0.4, -0.2) is 129 Å². The summed E-state index contributed by atoms with van der Waals surface area (Å²) in [5, 5.41) is 53.0. The summed E-state index contributed by atoms with van der Waals surface area (Å²) in [6.07, 6.45) is 3.60. The van der Waals surface area contributed by atoms with Crippen LogP contribution in [0.2, 0.25) is 0 Å². The molecule has 0 radical (unpaired) electrons. The minimum absolute atomic E-state index is 0.0226. The number of amides is 8. The van der Waals surface area contributed by atoms with Crippen molar-refractivity contribution in [3.63, 3.8) is 0 Å². The van der Waals surface area contributed by atoms with Crippen molar-refractivity contribution in [2.45, 2.75) is 247 Å². The van der Waals surface area contributed by atoms with E-state index in [0.29, 0.717) is 18.5 Å². The number of aliphatic hydroxyl groups is 2. The molecule has 0 aliphatic heterocycles. The Morgan fingerprint density at radius 2 is 0.829 bits per heavy atom. The predicted octanol–water partition coefficient (Wildman–Crippen LogP) is 3.58. The van der Waals surface area contributed by atoms with Crippen LogP contribution in [-0.2, 0) is 43.2 Å². The average Bonchev–Trinajstić information content (AvgIpc) is 3.28. The monoisotopic (exact) mass is 1080 g/mol. The number of carboxylic acids is 1. The first-order chi connectivity index (χ1) is 35.3. The van der Waals surface area contributed by atoms with Gasteiger partial charge in [0.25, 0.3) is 0 Å². The third kappa shape index (κ3) is 29.8. The molecule has 10 atom stereocenters. The summed E-state index contributed by atoms with van der Waals surface area (Å²) in [4.78, 5) is 121. The first-order valence-corrected chi connectivity index (χ1v) is 27.7. The molecule has 0 fully saturated rings. The Morgan fingerprint density at radius 1 is 0.447 bits per heavy atom. The van der Waals surface area contributed by atoms with Gasteiger partial charge in [-0.3, -0.25) is 38.4 Å². The number of hydrogen-bond donors (Lipinski definition) is 12. The van der Waals surface area contributed by atoms with Crippen LogP contribution in [0.15, 0.2) is 12.3 Å². The van der Waals surface area contributed by atoms with Gasteiger partial charge in [-0.2, -0.15) is 0 Å². The van der Waals surface area contributed by atoms with Crippen LogP contribution < -0.4 is 48.3 Å². The highest BCUT2D eigenvalue weighted by Gasteiger charge is 2.37. The molecule has 0 aliphatic carbocycles. The third-order valence-electron chi connectivity index (χ3n) is 12.5. The van der Waals surface area contributed by atoms with Crippen molar-refractivity contribution >= 4 is 53.2 Å². The molecular formula is C55H101N9O12. The van der Waals surface area contributed by atoms with Crippen LogP contribution in [0.25, 0.3) is 0 Å². The Balaban J connectivity index is 6.53. The second-order valence-corrected chi connectivity index (χ2v) is 23.1. The molecule has 0 aliphatic rings. The van der Waals surface area contributed by atoms with Gasteiger partial charge in [-0.15, -0.1) is 0 Å². The van der Waals surface area contributed by atoms with Crippen molar-refractivity contribution in [3.8, 4) is 0 Å². The van der Waals surface area contributed by atoms with E-state index in [1.54, 1.807) is 27.7 Å². The number of rotatable bonds is 40. The van der Waals surface area contributed by atoms with Crippen LogP contribution in [0, 0.1) is 35.5 Å². The summed E-state index contributed by atoms with van der Waals surface area (Å²) in [6.45, 7) is 29.4. The van der Waals surface area contributed by atoms with Crippen molar-refractivity contribution < 1.29 is 58.5 Å². The van der Waals surface area contributed by atoms with Crippen LogP contribution >= 0.6 is 0 Å². The SMILES string of the molecule is C=C(NC(CC(C)C)C(=O)NC(CCC(N)=O)C(=O)NC(CC(C)C)C(=O)NC(C(=O)NC(C(=O)NC(CC(C)C)C(=O)NC(CC(C)C)C(=O)O)C(C)C)C(C)O)C(CC(C)C)NC(=O)CC(O)CCCCCCC. The molecule has 0 heterocycles. The number of unbranched alkanes of at least 4 members (excludes halogenated alkanes) is 4. The number of nitrogens with one attached hydrogen (secondary N) is 8. The molecule has 21 heteroatoms. The second kappa shape index (κ2) is 36.7. The highest BCUT2D eigenvalue weighted by molar-refractivity contribution is 5.97. The van der Waals surface area contributed by atoms with Gasteiger partial charge in [-0.1, -0.05) is 129 Å². The first-order valence-electron chi connectivity index (χ1n) is 27.7.